The number of aromatic nitrogens is 4. The van der Waals surface area contributed by atoms with E-state index < -0.39 is 0 Å². The molecule has 1 fully saturated rings. The van der Waals surface area contributed by atoms with Gasteiger partial charge in [0, 0.05) is 38.1 Å². The first-order valence-electron chi connectivity index (χ1n) is 10.4. The van der Waals surface area contributed by atoms with E-state index in [1.807, 2.05) is 25.1 Å². The van der Waals surface area contributed by atoms with E-state index >= 15 is 0 Å². The van der Waals surface area contributed by atoms with Crippen LogP contribution in [0.25, 0.3) is 11.0 Å². The van der Waals surface area contributed by atoms with Crippen LogP contribution in [0.4, 0.5) is 11.6 Å². The van der Waals surface area contributed by atoms with Gasteiger partial charge in [0.1, 0.15) is 17.2 Å². The Morgan fingerprint density at radius 1 is 1.40 bits per heavy atom. The largest absolute Gasteiger partial charge is 0.396 e. The molecule has 3 aromatic heterocycles. The zero-order valence-electron chi connectivity index (χ0n) is 17.3. The Labute approximate surface area is 174 Å². The molecule has 0 saturated carbocycles. The average molecular weight is 412 g/mol. The van der Waals surface area contributed by atoms with Gasteiger partial charge in [0.2, 0.25) is 0 Å². The van der Waals surface area contributed by atoms with Gasteiger partial charge in [-0.15, -0.1) is 0 Å². The van der Waals surface area contributed by atoms with Crippen molar-refractivity contribution < 1.29 is 5.11 Å². The van der Waals surface area contributed by atoms with Crippen molar-refractivity contribution >= 4 is 22.7 Å². The van der Waals surface area contributed by atoms with E-state index in [4.69, 9.17) is 5.73 Å². The summed E-state index contributed by atoms with van der Waals surface area (Å²) < 4.78 is 1.65. The van der Waals surface area contributed by atoms with Gasteiger partial charge in [-0.1, -0.05) is 6.07 Å². The SMILES string of the molecule is Cc1cc2c([nH]c(=O)n2Cc2ccc(NCCN3CCCC(CO)C3)nc2)c(N)n1. The van der Waals surface area contributed by atoms with Gasteiger partial charge < -0.3 is 26.0 Å². The molecule has 4 heterocycles. The van der Waals surface area contributed by atoms with Crippen molar-refractivity contribution in [1.82, 2.24) is 24.4 Å². The molecule has 0 aliphatic carbocycles. The zero-order valence-corrected chi connectivity index (χ0v) is 17.3. The van der Waals surface area contributed by atoms with Crippen molar-refractivity contribution in [2.45, 2.75) is 26.3 Å². The number of aliphatic hydroxyl groups excluding tert-OH is 1. The number of anilines is 2. The number of pyridine rings is 2. The van der Waals surface area contributed by atoms with Crippen LogP contribution in [0.15, 0.2) is 29.2 Å². The predicted molar refractivity (Wildman–Crippen MR) is 118 cm³/mol. The second kappa shape index (κ2) is 8.85. The highest BCUT2D eigenvalue weighted by Gasteiger charge is 2.18. The van der Waals surface area contributed by atoms with Crippen LogP contribution in [-0.4, -0.2) is 62.3 Å². The predicted octanol–water partition coefficient (Wildman–Crippen LogP) is 1.17. The number of fused-ring (bicyclic) bond motifs is 1. The molecule has 9 heteroatoms. The molecule has 30 heavy (non-hydrogen) atoms. The number of aryl methyl sites for hydroxylation is 1. The summed E-state index contributed by atoms with van der Waals surface area (Å²) in [7, 11) is 0. The molecule has 0 aromatic carbocycles. The molecular formula is C21H29N7O2. The molecule has 9 nitrogen and oxygen atoms in total. The Morgan fingerprint density at radius 2 is 2.27 bits per heavy atom. The number of H-pyrrole nitrogens is 1. The van der Waals surface area contributed by atoms with Crippen LogP contribution < -0.4 is 16.7 Å². The van der Waals surface area contributed by atoms with Gasteiger partial charge in [-0.2, -0.15) is 0 Å². The van der Waals surface area contributed by atoms with Crippen LogP contribution in [0.2, 0.25) is 0 Å². The number of hydrogen-bond acceptors (Lipinski definition) is 7. The third-order valence-electron chi connectivity index (χ3n) is 5.68. The van der Waals surface area contributed by atoms with Gasteiger partial charge in [0.15, 0.2) is 0 Å². The number of piperidine rings is 1. The van der Waals surface area contributed by atoms with E-state index in [-0.39, 0.29) is 12.3 Å². The fourth-order valence-electron chi connectivity index (χ4n) is 4.11. The number of nitrogens with one attached hydrogen (secondary N) is 2. The highest BCUT2D eigenvalue weighted by Crippen LogP contribution is 2.18. The number of imidazole rings is 1. The van der Waals surface area contributed by atoms with Gasteiger partial charge >= 0.3 is 5.69 Å². The summed E-state index contributed by atoms with van der Waals surface area (Å²) in [6.07, 6.45) is 4.05. The van der Waals surface area contributed by atoms with Gasteiger partial charge in [-0.25, -0.2) is 14.8 Å². The normalized spacial score (nSPS) is 17.5. The number of aromatic amines is 1. The highest BCUT2D eigenvalue weighted by molar-refractivity contribution is 5.85. The number of likely N-dealkylation sites (tertiary alicyclic amines) is 1. The van der Waals surface area contributed by atoms with E-state index in [0.29, 0.717) is 23.8 Å². The van der Waals surface area contributed by atoms with E-state index in [2.05, 4.69) is 25.2 Å². The highest BCUT2D eigenvalue weighted by atomic mass is 16.3. The number of nitrogen functional groups attached to an aromatic ring is 1. The monoisotopic (exact) mass is 411 g/mol. The number of nitrogens with two attached hydrogens (primary N) is 1. The first-order valence-corrected chi connectivity index (χ1v) is 10.4. The van der Waals surface area contributed by atoms with Gasteiger partial charge in [-0.05, 0) is 49.9 Å². The van der Waals surface area contributed by atoms with Crippen LogP contribution >= 0.6 is 0 Å². The first-order chi connectivity index (χ1) is 14.5. The van der Waals surface area contributed by atoms with Crippen molar-refractivity contribution in [2.75, 3.05) is 43.8 Å². The van der Waals surface area contributed by atoms with Crippen molar-refractivity contribution in [3.63, 3.8) is 0 Å². The Bertz CT molecular complexity index is 1060. The van der Waals surface area contributed by atoms with Crippen molar-refractivity contribution in [3.05, 3.63) is 46.1 Å². The Balaban J connectivity index is 1.37. The van der Waals surface area contributed by atoms with Gasteiger partial charge in [0.25, 0.3) is 0 Å². The maximum absolute atomic E-state index is 12.4. The molecule has 0 bridgehead atoms. The molecule has 1 unspecified atom stereocenters. The summed E-state index contributed by atoms with van der Waals surface area (Å²) in [5.74, 6) is 1.54. The Morgan fingerprint density at radius 3 is 3.03 bits per heavy atom. The van der Waals surface area contributed by atoms with E-state index in [0.717, 1.165) is 61.6 Å². The number of nitrogens with zero attached hydrogens (tertiary/aromatic N) is 4. The number of rotatable bonds is 7. The van der Waals surface area contributed by atoms with E-state index in [1.54, 1.807) is 10.8 Å². The summed E-state index contributed by atoms with van der Waals surface area (Å²) in [5.41, 5.74) is 8.73. The second-order valence-electron chi connectivity index (χ2n) is 8.03. The summed E-state index contributed by atoms with van der Waals surface area (Å²) >= 11 is 0. The molecule has 0 radical (unpaired) electrons. The lowest BCUT2D eigenvalue weighted by molar-refractivity contribution is 0.123. The fraction of sp³-hybridized carbons (Fsp3) is 0.476. The number of aliphatic hydroxyl groups is 1. The third kappa shape index (κ3) is 4.47. The molecule has 1 saturated heterocycles. The van der Waals surface area contributed by atoms with Crippen LogP contribution in [0.3, 0.4) is 0 Å². The minimum atomic E-state index is -0.214. The summed E-state index contributed by atoms with van der Waals surface area (Å²) in [4.78, 5) is 26.2. The summed E-state index contributed by atoms with van der Waals surface area (Å²) in [6, 6.07) is 5.76. The maximum Gasteiger partial charge on any atom is 0.326 e. The molecule has 0 amide bonds. The molecule has 160 valence electrons. The molecule has 1 atom stereocenters. The molecule has 0 spiro atoms. The smallest absolute Gasteiger partial charge is 0.326 e. The summed E-state index contributed by atoms with van der Waals surface area (Å²) in [6.45, 7) is 6.32. The van der Waals surface area contributed by atoms with Crippen LogP contribution in [0.5, 0.6) is 0 Å². The standard InChI is InChI=1S/C21H29N7O2/c1-14-9-17-19(20(22)25-14)26-21(30)28(17)12-15-4-5-18(24-10-15)23-6-8-27-7-2-3-16(11-27)13-29/h4-5,9-10,16,29H,2-3,6-8,11-13H2,1H3,(H2,22,25)(H,23,24)(H,26,30). The minimum Gasteiger partial charge on any atom is -0.396 e. The van der Waals surface area contributed by atoms with Crippen molar-refractivity contribution in [2.24, 2.45) is 5.92 Å². The molecule has 1 aliphatic rings. The van der Waals surface area contributed by atoms with Gasteiger partial charge in [0.05, 0.1) is 12.1 Å². The molecular weight excluding hydrogens is 382 g/mol. The Hall–Kier alpha value is -2.91. The summed E-state index contributed by atoms with van der Waals surface area (Å²) in [5, 5.41) is 12.7. The third-order valence-corrected chi connectivity index (χ3v) is 5.68. The van der Waals surface area contributed by atoms with Crippen LogP contribution in [0, 0.1) is 12.8 Å². The van der Waals surface area contributed by atoms with E-state index in [9.17, 15) is 9.90 Å². The molecule has 5 N–H and O–H groups in total. The molecule has 3 aromatic rings. The first kappa shape index (κ1) is 20.4. The lowest BCUT2D eigenvalue weighted by Crippen LogP contribution is -2.39. The molecule has 4 rings (SSSR count). The van der Waals surface area contributed by atoms with Crippen LogP contribution in [0.1, 0.15) is 24.1 Å². The average Bonchev–Trinajstić information content (AvgIpc) is 3.05. The van der Waals surface area contributed by atoms with Crippen molar-refractivity contribution in [3.8, 4) is 0 Å². The maximum atomic E-state index is 12.4. The van der Waals surface area contributed by atoms with E-state index in [1.165, 1.54) is 0 Å². The molecule has 1 aliphatic heterocycles. The number of hydrogen-bond donors (Lipinski definition) is 4. The fourth-order valence-corrected chi connectivity index (χ4v) is 4.11. The quantitative estimate of drug-likeness (QED) is 0.460. The van der Waals surface area contributed by atoms with Crippen molar-refractivity contribution in [1.29, 1.82) is 0 Å². The topological polar surface area (TPSA) is 125 Å². The second-order valence-corrected chi connectivity index (χ2v) is 8.03. The zero-order chi connectivity index (χ0) is 21.1. The Kier molecular flexibility index (Phi) is 6.01. The lowest BCUT2D eigenvalue weighted by Gasteiger charge is -2.31. The van der Waals surface area contributed by atoms with Gasteiger partial charge in [-0.3, -0.25) is 4.57 Å². The minimum absolute atomic E-state index is 0.214. The lowest BCUT2D eigenvalue weighted by atomic mass is 9.99. The van der Waals surface area contributed by atoms with Crippen LogP contribution in [-0.2, 0) is 6.54 Å².